The van der Waals surface area contributed by atoms with E-state index in [0.717, 1.165) is 59.5 Å². The molecule has 1 aliphatic heterocycles. The van der Waals surface area contributed by atoms with Crippen molar-refractivity contribution in [2.24, 2.45) is 17.8 Å². The van der Waals surface area contributed by atoms with Gasteiger partial charge in [0.2, 0.25) is 0 Å². The van der Waals surface area contributed by atoms with Crippen molar-refractivity contribution in [1.82, 2.24) is 0 Å². The van der Waals surface area contributed by atoms with Crippen molar-refractivity contribution < 1.29 is 14.3 Å². The van der Waals surface area contributed by atoms with Crippen LogP contribution < -0.4 is 9.47 Å². The Hall–Kier alpha value is -1.03. The molecule has 0 saturated heterocycles. The first-order chi connectivity index (χ1) is 16.5. The molecule has 1 aliphatic rings. The minimum Gasteiger partial charge on any atom is -0.487 e. The maximum atomic E-state index is 11.7. The summed E-state index contributed by atoms with van der Waals surface area (Å²) in [5, 5.41) is 0.660. The Morgan fingerprint density at radius 1 is 0.971 bits per heavy atom. The average molecular weight is 552 g/mol. The number of carbonyl (C=O) groups is 1. The zero-order chi connectivity index (χ0) is 26.2. The number of carbonyl (C=O) groups excluding carboxylic acids is 1. The maximum absolute atomic E-state index is 11.7. The summed E-state index contributed by atoms with van der Waals surface area (Å²) in [5.74, 6) is 3.94. The van der Waals surface area contributed by atoms with Gasteiger partial charge in [-0.1, -0.05) is 88.6 Å². The molecule has 0 amide bonds. The first-order valence-electron chi connectivity index (χ1n) is 14.1. The van der Waals surface area contributed by atoms with Gasteiger partial charge < -0.3 is 9.47 Å². The number of rotatable bonds is 14. The number of ether oxygens (including phenoxy) is 2. The molecule has 0 radical (unpaired) electrons. The molecule has 2 rings (SSSR count). The van der Waals surface area contributed by atoms with Gasteiger partial charge in [0.1, 0.15) is 17.1 Å². The lowest BCUT2D eigenvalue weighted by Gasteiger charge is -2.38. The predicted molar refractivity (Wildman–Crippen MR) is 152 cm³/mol. The fraction of sp³-hybridized carbons (Fsp3) is 0.774. The summed E-state index contributed by atoms with van der Waals surface area (Å²) < 4.78 is 12.3. The molecule has 1 aromatic rings. The summed E-state index contributed by atoms with van der Waals surface area (Å²) in [7, 11) is 0. The molecule has 4 heteroatoms. The van der Waals surface area contributed by atoms with Crippen molar-refractivity contribution in [2.75, 3.05) is 0 Å². The molecular weight excluding hydrogens is 500 g/mol. The maximum Gasteiger partial charge on any atom is 0.308 e. The van der Waals surface area contributed by atoms with Gasteiger partial charge in [-0.25, -0.2) is 0 Å². The van der Waals surface area contributed by atoms with Gasteiger partial charge in [-0.2, -0.15) is 0 Å². The van der Waals surface area contributed by atoms with Gasteiger partial charge in [-0.15, -0.1) is 0 Å². The molecule has 0 aliphatic carbocycles. The molecule has 0 saturated carbocycles. The largest absolute Gasteiger partial charge is 0.487 e. The number of hydrogen-bond donors (Lipinski definition) is 0. The Morgan fingerprint density at radius 3 is 2.09 bits per heavy atom. The van der Waals surface area contributed by atoms with E-state index in [1.54, 1.807) is 0 Å². The van der Waals surface area contributed by atoms with Crippen LogP contribution in [0.1, 0.15) is 128 Å². The van der Waals surface area contributed by atoms with Gasteiger partial charge in [0.05, 0.1) is 0 Å². The summed E-state index contributed by atoms with van der Waals surface area (Å²) >= 11 is 3.62. The topological polar surface area (TPSA) is 35.5 Å². The van der Waals surface area contributed by atoms with Crippen LogP contribution in [-0.2, 0) is 16.5 Å². The van der Waals surface area contributed by atoms with Gasteiger partial charge in [0.25, 0.3) is 0 Å². The van der Waals surface area contributed by atoms with Crippen molar-refractivity contribution in [2.45, 2.75) is 137 Å². The summed E-state index contributed by atoms with van der Waals surface area (Å²) in [4.78, 5) is 11.7. The molecule has 3 atom stereocenters. The van der Waals surface area contributed by atoms with E-state index in [2.05, 4.69) is 57.5 Å². The Labute approximate surface area is 224 Å². The van der Waals surface area contributed by atoms with Gasteiger partial charge in [-0.05, 0) is 75.3 Å². The second-order valence-electron chi connectivity index (χ2n) is 12.0. The molecule has 1 heterocycles. The first-order valence-corrected chi connectivity index (χ1v) is 15.2. The zero-order valence-electron chi connectivity index (χ0n) is 23.8. The van der Waals surface area contributed by atoms with Gasteiger partial charge >= 0.3 is 5.97 Å². The molecule has 0 fully saturated rings. The monoisotopic (exact) mass is 550 g/mol. The van der Waals surface area contributed by atoms with Crippen LogP contribution in [0, 0.1) is 31.6 Å². The lowest BCUT2D eigenvalue weighted by Crippen LogP contribution is -2.37. The highest BCUT2D eigenvalue weighted by Gasteiger charge is 2.35. The Balaban J connectivity index is 1.87. The standard InChI is InChI=1S/C31H51BrO3/c1-21(2)12-9-13-22(3)14-10-15-23(4)16-11-18-31(8)19-17-27-28(20-32)29(34-26(7)33)24(5)25(6)30(27)35-31/h21-23H,9-20H2,1-8H3/t22-,23-,31?/m1/s1. The van der Waals surface area contributed by atoms with Crippen molar-refractivity contribution in [3.63, 3.8) is 0 Å². The molecule has 1 unspecified atom stereocenters. The number of esters is 1. The number of fused-ring (bicyclic) bond motifs is 1. The summed E-state index contributed by atoms with van der Waals surface area (Å²) in [6.07, 6.45) is 13.8. The second kappa shape index (κ2) is 14.1. The van der Waals surface area contributed by atoms with Crippen LogP contribution in [0.4, 0.5) is 0 Å². The van der Waals surface area contributed by atoms with E-state index >= 15 is 0 Å². The molecule has 0 bridgehead atoms. The van der Waals surface area contributed by atoms with E-state index in [1.807, 2.05) is 6.92 Å². The van der Waals surface area contributed by atoms with E-state index in [4.69, 9.17) is 9.47 Å². The molecule has 3 nitrogen and oxygen atoms in total. The van der Waals surface area contributed by atoms with Crippen LogP contribution >= 0.6 is 15.9 Å². The minimum absolute atomic E-state index is 0.124. The predicted octanol–water partition coefficient (Wildman–Crippen LogP) is 9.65. The lowest BCUT2D eigenvalue weighted by molar-refractivity contribution is -0.132. The van der Waals surface area contributed by atoms with E-state index in [1.165, 1.54) is 63.9 Å². The summed E-state index contributed by atoms with van der Waals surface area (Å²) in [6.45, 7) is 17.4. The van der Waals surface area contributed by atoms with Gasteiger partial charge in [0, 0.05) is 23.4 Å². The number of halogens is 1. The number of hydrogen-bond acceptors (Lipinski definition) is 3. The third kappa shape index (κ3) is 9.09. The molecule has 1 aromatic carbocycles. The van der Waals surface area contributed by atoms with E-state index < -0.39 is 0 Å². The molecule has 0 aromatic heterocycles. The van der Waals surface area contributed by atoms with Crippen molar-refractivity contribution in [3.8, 4) is 11.5 Å². The minimum atomic E-state index is -0.272. The van der Waals surface area contributed by atoms with Crippen molar-refractivity contribution in [3.05, 3.63) is 22.3 Å². The highest BCUT2D eigenvalue weighted by atomic mass is 79.9. The van der Waals surface area contributed by atoms with Gasteiger partial charge in [-0.3, -0.25) is 4.79 Å². The molecule has 0 N–H and O–H groups in total. The lowest BCUT2D eigenvalue weighted by atomic mass is 9.83. The molecule has 0 spiro atoms. The van der Waals surface area contributed by atoms with Crippen LogP contribution in [0.15, 0.2) is 0 Å². The summed E-state index contributed by atoms with van der Waals surface area (Å²) in [5.41, 5.74) is 4.25. The van der Waals surface area contributed by atoms with Crippen LogP contribution in [0.5, 0.6) is 11.5 Å². The Kier molecular flexibility index (Phi) is 12.1. The van der Waals surface area contributed by atoms with E-state index in [0.29, 0.717) is 11.1 Å². The van der Waals surface area contributed by atoms with E-state index in [9.17, 15) is 4.79 Å². The van der Waals surface area contributed by atoms with Crippen LogP contribution in [-0.4, -0.2) is 11.6 Å². The smallest absolute Gasteiger partial charge is 0.308 e. The molecule has 200 valence electrons. The number of alkyl halides is 1. The fourth-order valence-corrected chi connectivity index (χ4v) is 6.15. The van der Waals surface area contributed by atoms with E-state index in [-0.39, 0.29) is 11.6 Å². The van der Waals surface area contributed by atoms with Gasteiger partial charge in [0.15, 0.2) is 0 Å². The zero-order valence-corrected chi connectivity index (χ0v) is 25.4. The van der Waals surface area contributed by atoms with Crippen LogP contribution in [0.25, 0.3) is 0 Å². The highest BCUT2D eigenvalue weighted by Crippen LogP contribution is 2.46. The Morgan fingerprint density at radius 2 is 1.54 bits per heavy atom. The highest BCUT2D eigenvalue weighted by molar-refractivity contribution is 9.08. The Bertz CT molecular complexity index is 831. The SMILES string of the molecule is CC(=O)Oc1c(C)c(C)c2c(c1CBr)CCC(C)(CCC[C@H](C)CCC[C@H](C)CCCC(C)C)O2. The first kappa shape index (κ1) is 30.2. The van der Waals surface area contributed by atoms with Crippen molar-refractivity contribution >= 4 is 21.9 Å². The van der Waals surface area contributed by atoms with Crippen LogP contribution in [0.3, 0.4) is 0 Å². The molecule has 35 heavy (non-hydrogen) atoms. The third-order valence-corrected chi connectivity index (χ3v) is 8.62. The van der Waals surface area contributed by atoms with Crippen molar-refractivity contribution in [1.29, 1.82) is 0 Å². The molecular formula is C31H51BrO3. The third-order valence-electron chi connectivity index (χ3n) is 8.06. The van der Waals surface area contributed by atoms with Crippen LogP contribution in [0.2, 0.25) is 0 Å². The fourth-order valence-electron chi connectivity index (χ4n) is 5.56. The average Bonchev–Trinajstić information content (AvgIpc) is 2.77. The quantitative estimate of drug-likeness (QED) is 0.131. The second-order valence-corrected chi connectivity index (χ2v) is 12.6. The normalized spacial score (nSPS) is 19.3. The number of benzene rings is 1. The summed E-state index contributed by atoms with van der Waals surface area (Å²) in [6, 6.07) is 0.